The number of amides is 1. The third-order valence-corrected chi connectivity index (χ3v) is 6.02. The minimum Gasteiger partial charge on any atom is -0.352 e. The van der Waals surface area contributed by atoms with Gasteiger partial charge in [0.2, 0.25) is 5.91 Å². The van der Waals surface area contributed by atoms with Gasteiger partial charge in [0.1, 0.15) is 6.54 Å². The van der Waals surface area contributed by atoms with E-state index >= 15 is 0 Å². The quantitative estimate of drug-likeness (QED) is 0.432. The van der Waals surface area contributed by atoms with E-state index in [1.807, 2.05) is 25.2 Å². The van der Waals surface area contributed by atoms with E-state index in [1.54, 1.807) is 23.1 Å². The lowest BCUT2D eigenvalue weighted by molar-refractivity contribution is -0.116. The topological polar surface area (TPSA) is 74.5 Å². The number of benzene rings is 2. The van der Waals surface area contributed by atoms with Gasteiger partial charge < -0.3 is 15.5 Å². The Hall–Kier alpha value is -3.61. The van der Waals surface area contributed by atoms with Crippen molar-refractivity contribution in [1.29, 1.82) is 0 Å². The number of piperidine rings is 1. The number of rotatable bonds is 7. The molecule has 33 heavy (non-hydrogen) atoms. The van der Waals surface area contributed by atoms with Crippen molar-refractivity contribution >= 4 is 17.6 Å². The summed E-state index contributed by atoms with van der Waals surface area (Å²) in [5.41, 5.74) is 3.30. The zero-order valence-electron chi connectivity index (χ0n) is 19.2. The van der Waals surface area contributed by atoms with Crippen LogP contribution in [0.25, 0.3) is 0 Å². The van der Waals surface area contributed by atoms with E-state index in [1.165, 1.54) is 18.4 Å². The van der Waals surface area contributed by atoms with E-state index in [9.17, 15) is 4.79 Å². The molecule has 2 heterocycles. The zero-order chi connectivity index (χ0) is 22.9. The molecule has 0 unspecified atom stereocenters. The molecular weight excluding hydrogens is 412 g/mol. The molecule has 0 bridgehead atoms. The fourth-order valence-corrected chi connectivity index (χ4v) is 4.31. The summed E-state index contributed by atoms with van der Waals surface area (Å²) >= 11 is 0. The third kappa shape index (κ3) is 6.68. The Morgan fingerprint density at radius 3 is 2.58 bits per heavy atom. The lowest BCUT2D eigenvalue weighted by Crippen LogP contribution is -2.45. The fourth-order valence-electron chi connectivity index (χ4n) is 4.31. The molecule has 1 amide bonds. The van der Waals surface area contributed by atoms with E-state index in [-0.39, 0.29) is 12.5 Å². The van der Waals surface area contributed by atoms with Crippen LogP contribution in [0, 0.1) is 5.92 Å². The van der Waals surface area contributed by atoms with Gasteiger partial charge in [0.15, 0.2) is 5.96 Å². The van der Waals surface area contributed by atoms with E-state index in [0.29, 0.717) is 6.54 Å². The highest BCUT2D eigenvalue weighted by molar-refractivity contribution is 5.90. The molecule has 0 radical (unpaired) electrons. The summed E-state index contributed by atoms with van der Waals surface area (Å²) in [7, 11) is 1.84. The molecule has 7 heteroatoms. The highest BCUT2D eigenvalue weighted by Crippen LogP contribution is 2.22. The van der Waals surface area contributed by atoms with Crippen molar-refractivity contribution in [3.8, 4) is 0 Å². The number of anilines is 1. The summed E-state index contributed by atoms with van der Waals surface area (Å²) in [6, 6.07) is 20.5. The second-order valence-corrected chi connectivity index (χ2v) is 8.47. The first-order chi connectivity index (χ1) is 16.2. The Kier molecular flexibility index (Phi) is 7.74. The van der Waals surface area contributed by atoms with Crippen LogP contribution in [0.4, 0.5) is 5.69 Å². The van der Waals surface area contributed by atoms with E-state index in [0.717, 1.165) is 42.6 Å². The third-order valence-electron chi connectivity index (χ3n) is 6.02. The first kappa shape index (κ1) is 22.6. The minimum atomic E-state index is -0.0991. The summed E-state index contributed by atoms with van der Waals surface area (Å²) in [5, 5.41) is 10.5. The molecule has 172 valence electrons. The monoisotopic (exact) mass is 444 g/mol. The van der Waals surface area contributed by atoms with Crippen molar-refractivity contribution in [3.63, 3.8) is 0 Å². The number of carbonyl (C=O) groups excluding carboxylic acids is 1. The molecule has 0 saturated carbocycles. The predicted molar refractivity (Wildman–Crippen MR) is 132 cm³/mol. The number of nitrogens with zero attached hydrogens (tertiary/aromatic N) is 4. The van der Waals surface area contributed by atoms with Crippen LogP contribution in [0.15, 0.2) is 78.0 Å². The van der Waals surface area contributed by atoms with Crippen LogP contribution in [0.5, 0.6) is 0 Å². The van der Waals surface area contributed by atoms with Crippen LogP contribution in [0.2, 0.25) is 0 Å². The lowest BCUT2D eigenvalue weighted by Gasteiger charge is -2.34. The highest BCUT2D eigenvalue weighted by Gasteiger charge is 2.21. The van der Waals surface area contributed by atoms with Crippen LogP contribution in [0.1, 0.15) is 24.0 Å². The maximum Gasteiger partial charge on any atom is 0.246 e. The Morgan fingerprint density at radius 1 is 1.06 bits per heavy atom. The lowest BCUT2D eigenvalue weighted by atomic mass is 9.90. The molecule has 1 aromatic heterocycles. The predicted octanol–water partition coefficient (Wildman–Crippen LogP) is 3.55. The maximum absolute atomic E-state index is 12.2. The van der Waals surface area contributed by atoms with Gasteiger partial charge in [-0.25, -0.2) is 0 Å². The molecule has 2 N–H and O–H groups in total. The van der Waals surface area contributed by atoms with Gasteiger partial charge in [0.05, 0.1) is 0 Å². The van der Waals surface area contributed by atoms with Gasteiger partial charge in [-0.2, -0.15) is 5.10 Å². The van der Waals surface area contributed by atoms with Crippen molar-refractivity contribution in [2.24, 2.45) is 10.9 Å². The number of aromatic nitrogens is 2. The normalized spacial score (nSPS) is 14.8. The average Bonchev–Trinajstić information content (AvgIpc) is 3.34. The molecule has 3 aromatic rings. The number of guanidine groups is 1. The van der Waals surface area contributed by atoms with Crippen LogP contribution in [-0.2, 0) is 24.3 Å². The summed E-state index contributed by atoms with van der Waals surface area (Å²) < 4.78 is 1.60. The van der Waals surface area contributed by atoms with Crippen molar-refractivity contribution in [1.82, 2.24) is 20.0 Å². The van der Waals surface area contributed by atoms with Gasteiger partial charge in [-0.1, -0.05) is 42.5 Å². The fraction of sp³-hybridized carbons (Fsp3) is 0.346. The smallest absolute Gasteiger partial charge is 0.246 e. The Labute approximate surface area is 195 Å². The number of likely N-dealkylation sites (tertiary alicyclic amines) is 1. The van der Waals surface area contributed by atoms with E-state index in [4.69, 9.17) is 0 Å². The van der Waals surface area contributed by atoms with Crippen LogP contribution in [0.3, 0.4) is 0 Å². The number of carbonyl (C=O) groups is 1. The standard InChI is InChI=1S/C26H32N6O/c1-27-26(31-15-11-22(12-16-31)17-21-7-3-2-4-8-21)28-19-23-9-5-10-24(18-23)30-25(33)20-32-14-6-13-29-32/h2-10,13-14,18,22H,11-12,15-17,19-20H2,1H3,(H,27,28)(H,30,33). The van der Waals surface area contributed by atoms with E-state index in [2.05, 4.69) is 62.0 Å². The van der Waals surface area contributed by atoms with Crippen molar-refractivity contribution in [2.75, 3.05) is 25.5 Å². The largest absolute Gasteiger partial charge is 0.352 e. The van der Waals surface area contributed by atoms with Gasteiger partial charge in [-0.3, -0.25) is 14.5 Å². The van der Waals surface area contributed by atoms with Crippen LogP contribution >= 0.6 is 0 Å². The molecule has 0 aliphatic carbocycles. The van der Waals surface area contributed by atoms with Crippen LogP contribution < -0.4 is 10.6 Å². The molecule has 4 rings (SSSR count). The number of hydrogen-bond acceptors (Lipinski definition) is 3. The first-order valence-electron chi connectivity index (χ1n) is 11.6. The average molecular weight is 445 g/mol. The van der Waals surface area contributed by atoms with E-state index < -0.39 is 0 Å². The maximum atomic E-state index is 12.2. The Balaban J connectivity index is 1.25. The number of nitrogens with one attached hydrogen (secondary N) is 2. The molecule has 0 atom stereocenters. The minimum absolute atomic E-state index is 0.0991. The number of hydrogen-bond donors (Lipinski definition) is 2. The molecule has 1 fully saturated rings. The van der Waals surface area contributed by atoms with Gasteiger partial charge in [-0.05, 0) is 54.5 Å². The highest BCUT2D eigenvalue weighted by atomic mass is 16.2. The molecule has 1 aliphatic rings. The summed E-state index contributed by atoms with van der Waals surface area (Å²) in [4.78, 5) is 19.1. The van der Waals surface area contributed by atoms with Crippen molar-refractivity contribution in [2.45, 2.75) is 32.4 Å². The molecule has 2 aromatic carbocycles. The van der Waals surface area contributed by atoms with Gasteiger partial charge in [0, 0.05) is 44.8 Å². The Bertz CT molecular complexity index is 1040. The summed E-state index contributed by atoms with van der Waals surface area (Å²) in [6.07, 6.45) is 6.94. The second-order valence-electron chi connectivity index (χ2n) is 8.47. The van der Waals surface area contributed by atoms with Crippen LogP contribution in [-0.4, -0.2) is 46.7 Å². The number of aliphatic imine (C=N–C) groups is 1. The Morgan fingerprint density at radius 2 is 1.85 bits per heavy atom. The molecular formula is C26H32N6O. The van der Waals surface area contributed by atoms with Crippen molar-refractivity contribution < 1.29 is 4.79 Å². The molecule has 0 spiro atoms. The summed E-state index contributed by atoms with van der Waals surface area (Å²) in [6.45, 7) is 2.88. The van der Waals surface area contributed by atoms with Gasteiger partial charge in [0.25, 0.3) is 0 Å². The van der Waals surface area contributed by atoms with Crippen molar-refractivity contribution in [3.05, 3.63) is 84.2 Å². The SMILES string of the molecule is CN=C(NCc1cccc(NC(=O)Cn2cccn2)c1)N1CCC(Cc2ccccc2)CC1. The molecule has 1 saturated heterocycles. The van der Waals surface area contributed by atoms with Gasteiger partial charge in [-0.15, -0.1) is 0 Å². The second kappa shape index (κ2) is 11.3. The zero-order valence-corrected chi connectivity index (χ0v) is 19.2. The molecule has 7 nitrogen and oxygen atoms in total. The van der Waals surface area contributed by atoms with Gasteiger partial charge >= 0.3 is 0 Å². The summed E-state index contributed by atoms with van der Waals surface area (Å²) in [5.74, 6) is 1.56. The first-order valence-corrected chi connectivity index (χ1v) is 11.6. The molecule has 1 aliphatic heterocycles.